The lowest BCUT2D eigenvalue weighted by molar-refractivity contribution is -0.138. The first-order chi connectivity index (χ1) is 16.2. The second-order valence-corrected chi connectivity index (χ2v) is 9.16. The SMILES string of the molecule is COc1nc(-c2cn3c(n2)[C@H](c2ccc(Br)cc2C(F)(F)F)CCC3)ccc1-n1cnc(C)c1. The van der Waals surface area contributed by atoms with Crippen molar-refractivity contribution >= 4 is 15.9 Å². The zero-order chi connectivity index (χ0) is 24.0. The first kappa shape index (κ1) is 22.6. The molecule has 0 radical (unpaired) electrons. The molecule has 0 saturated heterocycles. The summed E-state index contributed by atoms with van der Waals surface area (Å²) in [6.07, 6.45) is 2.32. The van der Waals surface area contributed by atoms with Gasteiger partial charge in [-0.15, -0.1) is 0 Å². The quantitative estimate of drug-likeness (QED) is 0.316. The number of imidazole rings is 2. The van der Waals surface area contributed by atoms with Crippen molar-refractivity contribution in [2.75, 3.05) is 7.11 Å². The highest BCUT2D eigenvalue weighted by molar-refractivity contribution is 9.10. The van der Waals surface area contributed by atoms with Crippen LogP contribution in [0.2, 0.25) is 0 Å². The molecule has 0 saturated carbocycles. The molecule has 0 spiro atoms. The highest BCUT2D eigenvalue weighted by Gasteiger charge is 2.37. The van der Waals surface area contributed by atoms with Gasteiger partial charge in [0.15, 0.2) is 0 Å². The standard InChI is InChI=1S/C24H21BrF3N5O/c1-14-11-33(13-29-14)21-8-7-19(31-23(21)34-2)20-12-32-9-3-4-17(22(32)30-20)16-6-5-15(25)10-18(16)24(26,27)28/h5-8,10-13,17H,3-4,9H2,1-2H3/t17-/m0/s1. The lowest BCUT2D eigenvalue weighted by Gasteiger charge is -2.26. The zero-order valence-electron chi connectivity index (χ0n) is 18.5. The van der Waals surface area contributed by atoms with Crippen molar-refractivity contribution in [1.29, 1.82) is 0 Å². The van der Waals surface area contributed by atoms with E-state index in [1.807, 2.05) is 40.6 Å². The summed E-state index contributed by atoms with van der Waals surface area (Å²) in [6.45, 7) is 2.59. The predicted molar refractivity (Wildman–Crippen MR) is 124 cm³/mol. The minimum Gasteiger partial charge on any atom is -0.479 e. The Morgan fingerprint density at radius 2 is 1.91 bits per heavy atom. The largest absolute Gasteiger partial charge is 0.479 e. The molecule has 0 bridgehead atoms. The highest BCUT2D eigenvalue weighted by atomic mass is 79.9. The molecular formula is C24H21BrF3N5O. The molecule has 0 fully saturated rings. The Morgan fingerprint density at radius 1 is 1.09 bits per heavy atom. The van der Waals surface area contributed by atoms with Crippen LogP contribution >= 0.6 is 15.9 Å². The van der Waals surface area contributed by atoms with Gasteiger partial charge in [0.2, 0.25) is 5.88 Å². The van der Waals surface area contributed by atoms with Crippen molar-refractivity contribution in [3.63, 3.8) is 0 Å². The molecule has 0 unspecified atom stereocenters. The van der Waals surface area contributed by atoms with Gasteiger partial charge in [-0.05, 0) is 49.6 Å². The summed E-state index contributed by atoms with van der Waals surface area (Å²) in [4.78, 5) is 13.6. The summed E-state index contributed by atoms with van der Waals surface area (Å²) >= 11 is 3.17. The van der Waals surface area contributed by atoms with Crippen molar-refractivity contribution in [3.05, 3.63) is 76.2 Å². The smallest absolute Gasteiger partial charge is 0.416 e. The Kier molecular flexibility index (Phi) is 5.71. The summed E-state index contributed by atoms with van der Waals surface area (Å²) in [6, 6.07) is 8.04. The number of rotatable bonds is 4. The predicted octanol–water partition coefficient (Wildman–Crippen LogP) is 6.15. The number of alkyl halides is 3. The average molecular weight is 532 g/mol. The van der Waals surface area contributed by atoms with Crippen LogP contribution in [0.4, 0.5) is 13.2 Å². The number of hydrogen-bond donors (Lipinski definition) is 0. The molecule has 0 amide bonds. The van der Waals surface area contributed by atoms with E-state index >= 15 is 0 Å². The summed E-state index contributed by atoms with van der Waals surface area (Å²) in [5, 5.41) is 0. The second kappa shape index (κ2) is 8.57. The van der Waals surface area contributed by atoms with Crippen LogP contribution in [-0.2, 0) is 12.7 Å². The maximum absolute atomic E-state index is 13.8. The number of aryl methyl sites for hydroxylation is 2. The highest BCUT2D eigenvalue weighted by Crippen LogP contribution is 2.42. The first-order valence-electron chi connectivity index (χ1n) is 10.7. The van der Waals surface area contributed by atoms with Crippen molar-refractivity contribution in [3.8, 4) is 23.0 Å². The minimum absolute atomic E-state index is 0.241. The number of fused-ring (bicyclic) bond motifs is 1. The van der Waals surface area contributed by atoms with Gasteiger partial charge in [-0.2, -0.15) is 13.2 Å². The fourth-order valence-corrected chi connectivity index (χ4v) is 4.81. The summed E-state index contributed by atoms with van der Waals surface area (Å²) in [5.41, 5.74) is 2.39. The third kappa shape index (κ3) is 4.11. The van der Waals surface area contributed by atoms with Gasteiger partial charge in [-0.1, -0.05) is 22.0 Å². The summed E-state index contributed by atoms with van der Waals surface area (Å²) < 4.78 is 51.1. The number of ether oxygens (including phenoxy) is 1. The van der Waals surface area contributed by atoms with Gasteiger partial charge in [0, 0.05) is 29.3 Å². The lowest BCUT2D eigenvalue weighted by atomic mass is 9.87. The Hall–Kier alpha value is -3.14. The second-order valence-electron chi connectivity index (χ2n) is 8.25. The summed E-state index contributed by atoms with van der Waals surface area (Å²) in [7, 11) is 1.54. The third-order valence-electron chi connectivity index (χ3n) is 5.99. The van der Waals surface area contributed by atoms with Gasteiger partial charge in [-0.25, -0.2) is 15.0 Å². The molecule has 3 aromatic heterocycles. The number of benzene rings is 1. The summed E-state index contributed by atoms with van der Waals surface area (Å²) in [5.74, 6) is 0.566. The van der Waals surface area contributed by atoms with Crippen LogP contribution in [0.3, 0.4) is 0 Å². The van der Waals surface area contributed by atoms with E-state index in [9.17, 15) is 13.2 Å². The van der Waals surface area contributed by atoms with E-state index in [2.05, 4.69) is 25.9 Å². The molecule has 5 rings (SSSR count). The van der Waals surface area contributed by atoms with Crippen LogP contribution < -0.4 is 4.74 Å². The molecule has 6 nitrogen and oxygen atoms in total. The van der Waals surface area contributed by atoms with Crippen LogP contribution in [-0.4, -0.2) is 31.2 Å². The first-order valence-corrected chi connectivity index (χ1v) is 11.5. The molecule has 1 aromatic carbocycles. The van der Waals surface area contributed by atoms with Gasteiger partial charge < -0.3 is 13.9 Å². The van der Waals surface area contributed by atoms with E-state index in [0.29, 0.717) is 40.5 Å². The van der Waals surface area contributed by atoms with Gasteiger partial charge in [0.1, 0.15) is 17.2 Å². The molecule has 1 atom stereocenters. The molecule has 1 aliphatic heterocycles. The molecule has 176 valence electrons. The van der Waals surface area contributed by atoms with Crippen LogP contribution in [0.1, 0.15) is 41.4 Å². The number of methoxy groups -OCH3 is 1. The van der Waals surface area contributed by atoms with Crippen LogP contribution in [0, 0.1) is 6.92 Å². The fourth-order valence-electron chi connectivity index (χ4n) is 4.45. The van der Waals surface area contributed by atoms with Gasteiger partial charge in [0.25, 0.3) is 0 Å². The van der Waals surface area contributed by atoms with E-state index in [0.717, 1.165) is 23.9 Å². The van der Waals surface area contributed by atoms with E-state index in [1.54, 1.807) is 25.6 Å². The van der Waals surface area contributed by atoms with E-state index in [1.165, 1.54) is 0 Å². The number of pyridine rings is 1. The fraction of sp³-hybridized carbons (Fsp3) is 0.292. The third-order valence-corrected chi connectivity index (χ3v) is 6.49. The molecule has 0 aliphatic carbocycles. The molecule has 4 heterocycles. The maximum Gasteiger partial charge on any atom is 0.416 e. The van der Waals surface area contributed by atoms with E-state index < -0.39 is 17.7 Å². The zero-order valence-corrected chi connectivity index (χ0v) is 20.1. The van der Waals surface area contributed by atoms with Crippen molar-refractivity contribution < 1.29 is 17.9 Å². The Labute approximate surface area is 202 Å². The molecule has 0 N–H and O–H groups in total. The van der Waals surface area contributed by atoms with Crippen LogP contribution in [0.15, 0.2) is 53.5 Å². The number of nitrogens with zero attached hydrogens (tertiary/aromatic N) is 5. The van der Waals surface area contributed by atoms with Crippen molar-refractivity contribution in [2.45, 2.75) is 38.4 Å². The molecule has 34 heavy (non-hydrogen) atoms. The number of hydrogen-bond acceptors (Lipinski definition) is 4. The average Bonchev–Trinajstić information content (AvgIpc) is 3.44. The molecule has 4 aromatic rings. The number of halogens is 4. The molecule has 1 aliphatic rings. The van der Waals surface area contributed by atoms with Crippen LogP contribution in [0.25, 0.3) is 17.1 Å². The van der Waals surface area contributed by atoms with E-state index in [4.69, 9.17) is 9.72 Å². The van der Waals surface area contributed by atoms with Crippen LogP contribution in [0.5, 0.6) is 5.88 Å². The maximum atomic E-state index is 13.8. The lowest BCUT2D eigenvalue weighted by Crippen LogP contribution is -2.20. The van der Waals surface area contributed by atoms with Crippen molar-refractivity contribution in [1.82, 2.24) is 24.1 Å². The van der Waals surface area contributed by atoms with Gasteiger partial charge >= 0.3 is 6.18 Å². The molecule has 10 heteroatoms. The molecular weight excluding hydrogens is 511 g/mol. The van der Waals surface area contributed by atoms with Gasteiger partial charge in [0.05, 0.1) is 30.4 Å². The van der Waals surface area contributed by atoms with E-state index in [-0.39, 0.29) is 5.56 Å². The topological polar surface area (TPSA) is 57.8 Å². The Balaban J connectivity index is 1.55. The Morgan fingerprint density at radius 3 is 2.62 bits per heavy atom. The normalized spacial score (nSPS) is 15.9. The van der Waals surface area contributed by atoms with Crippen molar-refractivity contribution in [2.24, 2.45) is 0 Å². The Bertz CT molecular complexity index is 1360. The monoisotopic (exact) mass is 531 g/mol. The number of aromatic nitrogens is 5. The van der Waals surface area contributed by atoms with Gasteiger partial charge in [-0.3, -0.25) is 0 Å². The minimum atomic E-state index is -4.45.